The fourth-order valence-corrected chi connectivity index (χ4v) is 1.96. The van der Waals surface area contributed by atoms with Crippen molar-refractivity contribution in [1.29, 1.82) is 0 Å². The van der Waals surface area contributed by atoms with Crippen LogP contribution in [0.15, 0.2) is 52.0 Å². The number of hydrogen-bond acceptors (Lipinski definition) is 4. The molecule has 0 heterocycles. The van der Waals surface area contributed by atoms with Crippen molar-refractivity contribution in [3.8, 4) is 11.5 Å². The van der Waals surface area contributed by atoms with Gasteiger partial charge < -0.3 is 10.2 Å². The Balaban J connectivity index is 2.05. The highest BCUT2D eigenvalue weighted by Gasteiger charge is 2.07. The Labute approximate surface area is 123 Å². The lowest BCUT2D eigenvalue weighted by Crippen LogP contribution is -2.18. The van der Waals surface area contributed by atoms with E-state index >= 15 is 0 Å². The predicted molar refractivity (Wildman–Crippen MR) is 79.0 cm³/mol. The van der Waals surface area contributed by atoms with Gasteiger partial charge >= 0.3 is 0 Å². The molecule has 20 heavy (non-hydrogen) atoms. The van der Waals surface area contributed by atoms with Gasteiger partial charge in [-0.05, 0) is 51.8 Å². The van der Waals surface area contributed by atoms with Gasteiger partial charge in [0.15, 0.2) is 11.5 Å². The molecule has 0 bridgehead atoms. The molecule has 6 heteroatoms. The number of amides is 1. The lowest BCUT2D eigenvalue weighted by Gasteiger charge is -2.02. The van der Waals surface area contributed by atoms with Gasteiger partial charge in [0.25, 0.3) is 5.91 Å². The van der Waals surface area contributed by atoms with E-state index in [2.05, 4.69) is 26.5 Å². The van der Waals surface area contributed by atoms with E-state index in [1.165, 1.54) is 18.3 Å². The van der Waals surface area contributed by atoms with Gasteiger partial charge in [-0.3, -0.25) is 4.79 Å². The number of carbonyl (C=O) groups excluding carboxylic acids is 1. The summed E-state index contributed by atoms with van der Waals surface area (Å²) in [6.45, 7) is 0. The third kappa shape index (κ3) is 3.36. The molecule has 0 aliphatic carbocycles. The number of hydrazone groups is 1. The summed E-state index contributed by atoms with van der Waals surface area (Å²) >= 11 is 3.28. The number of hydrogen-bond donors (Lipinski definition) is 3. The van der Waals surface area contributed by atoms with Crippen LogP contribution < -0.4 is 5.43 Å². The maximum Gasteiger partial charge on any atom is 0.272 e. The summed E-state index contributed by atoms with van der Waals surface area (Å²) in [6, 6.07) is 11.2. The van der Waals surface area contributed by atoms with Crippen LogP contribution >= 0.6 is 15.9 Å². The minimum absolute atomic E-state index is 0.209. The Kier molecular flexibility index (Phi) is 4.37. The minimum Gasteiger partial charge on any atom is -0.504 e. The average Bonchev–Trinajstić information content (AvgIpc) is 2.43. The zero-order valence-electron chi connectivity index (χ0n) is 10.2. The van der Waals surface area contributed by atoms with Crippen LogP contribution in [0.25, 0.3) is 0 Å². The summed E-state index contributed by atoms with van der Waals surface area (Å²) in [4.78, 5) is 11.8. The largest absolute Gasteiger partial charge is 0.504 e. The summed E-state index contributed by atoms with van der Waals surface area (Å²) < 4.78 is 0.676. The molecule has 3 N–H and O–H groups in total. The molecule has 0 spiro atoms. The molecule has 0 aliphatic heterocycles. The van der Waals surface area contributed by atoms with Crippen molar-refractivity contribution in [2.24, 2.45) is 5.10 Å². The van der Waals surface area contributed by atoms with E-state index in [9.17, 15) is 9.90 Å². The van der Waals surface area contributed by atoms with Crippen molar-refractivity contribution in [2.45, 2.75) is 0 Å². The van der Waals surface area contributed by atoms with Crippen molar-refractivity contribution in [3.63, 3.8) is 0 Å². The second kappa shape index (κ2) is 6.21. The van der Waals surface area contributed by atoms with Crippen LogP contribution in [0.3, 0.4) is 0 Å². The van der Waals surface area contributed by atoms with E-state index in [0.29, 0.717) is 15.6 Å². The van der Waals surface area contributed by atoms with Gasteiger partial charge in [0, 0.05) is 4.47 Å². The zero-order valence-corrected chi connectivity index (χ0v) is 11.8. The molecule has 0 atom stereocenters. The summed E-state index contributed by atoms with van der Waals surface area (Å²) in [6.07, 6.45) is 1.37. The lowest BCUT2D eigenvalue weighted by molar-refractivity contribution is 0.0954. The fourth-order valence-electron chi connectivity index (χ4n) is 1.49. The van der Waals surface area contributed by atoms with Crippen LogP contribution in [0.4, 0.5) is 0 Å². The van der Waals surface area contributed by atoms with Gasteiger partial charge in [0.05, 0.1) is 11.8 Å². The number of nitrogens with one attached hydrogen (secondary N) is 1. The highest BCUT2D eigenvalue weighted by molar-refractivity contribution is 9.10. The highest BCUT2D eigenvalue weighted by Crippen LogP contribution is 2.24. The second-order valence-corrected chi connectivity index (χ2v) is 4.78. The number of aromatic hydroxyl groups is 2. The molecule has 2 rings (SSSR count). The van der Waals surface area contributed by atoms with Crippen LogP contribution in [0.1, 0.15) is 15.9 Å². The molecule has 0 radical (unpaired) electrons. The number of halogens is 1. The molecule has 0 saturated heterocycles. The first kappa shape index (κ1) is 14.1. The van der Waals surface area contributed by atoms with Gasteiger partial charge in [-0.25, -0.2) is 5.43 Å². The SMILES string of the molecule is O=C(N/N=C\c1ccc(O)c(O)c1)c1ccccc1Br. The maximum absolute atomic E-state index is 11.8. The quantitative estimate of drug-likeness (QED) is 0.458. The molecule has 0 aromatic heterocycles. The van der Waals surface area contributed by atoms with E-state index in [1.807, 2.05) is 6.07 Å². The smallest absolute Gasteiger partial charge is 0.272 e. The first-order valence-corrected chi connectivity index (χ1v) is 6.47. The first-order valence-electron chi connectivity index (χ1n) is 5.68. The average molecular weight is 335 g/mol. The topological polar surface area (TPSA) is 81.9 Å². The molecular weight excluding hydrogens is 324 g/mol. The first-order chi connectivity index (χ1) is 9.58. The van der Waals surface area contributed by atoms with Gasteiger partial charge in [-0.15, -0.1) is 0 Å². The third-order valence-corrected chi connectivity index (χ3v) is 3.19. The summed E-state index contributed by atoms with van der Waals surface area (Å²) in [5.74, 6) is -0.804. The van der Waals surface area contributed by atoms with Crippen molar-refractivity contribution in [2.75, 3.05) is 0 Å². The molecule has 2 aromatic rings. The van der Waals surface area contributed by atoms with Gasteiger partial charge in [0.2, 0.25) is 0 Å². The fraction of sp³-hybridized carbons (Fsp3) is 0. The van der Waals surface area contributed by atoms with Crippen molar-refractivity contribution < 1.29 is 15.0 Å². The number of nitrogens with zero attached hydrogens (tertiary/aromatic N) is 1. The Hall–Kier alpha value is -2.34. The van der Waals surface area contributed by atoms with Crippen LogP contribution in [-0.4, -0.2) is 22.3 Å². The molecule has 0 unspecified atom stereocenters. The normalized spacial score (nSPS) is 10.7. The van der Waals surface area contributed by atoms with Crippen molar-refractivity contribution in [3.05, 3.63) is 58.1 Å². The van der Waals surface area contributed by atoms with Crippen LogP contribution in [-0.2, 0) is 0 Å². The van der Waals surface area contributed by atoms with E-state index < -0.39 is 0 Å². The van der Waals surface area contributed by atoms with Crippen LogP contribution in [0.2, 0.25) is 0 Å². The van der Waals surface area contributed by atoms with E-state index in [4.69, 9.17) is 5.11 Å². The van der Waals surface area contributed by atoms with Gasteiger partial charge in [-0.1, -0.05) is 12.1 Å². The molecule has 0 saturated carbocycles. The van der Waals surface area contributed by atoms with Crippen molar-refractivity contribution >= 4 is 28.1 Å². The summed E-state index contributed by atoms with van der Waals surface area (Å²) in [7, 11) is 0. The summed E-state index contributed by atoms with van der Waals surface area (Å²) in [5.41, 5.74) is 3.40. The molecule has 2 aromatic carbocycles. The molecule has 0 aliphatic rings. The Morgan fingerprint density at radius 2 is 1.90 bits per heavy atom. The van der Waals surface area contributed by atoms with Crippen molar-refractivity contribution in [1.82, 2.24) is 5.43 Å². The Morgan fingerprint density at radius 3 is 2.60 bits per heavy atom. The molecule has 102 valence electrons. The molecule has 5 nitrogen and oxygen atoms in total. The van der Waals surface area contributed by atoms with Gasteiger partial charge in [-0.2, -0.15) is 5.10 Å². The number of phenols is 2. The van der Waals surface area contributed by atoms with E-state index in [1.54, 1.807) is 24.3 Å². The van der Waals surface area contributed by atoms with E-state index in [0.717, 1.165) is 0 Å². The standard InChI is InChI=1S/C14H11BrN2O3/c15-11-4-2-1-3-10(11)14(20)17-16-8-9-5-6-12(18)13(19)7-9/h1-8,18-19H,(H,17,20)/b16-8-. The highest BCUT2D eigenvalue weighted by atomic mass is 79.9. The lowest BCUT2D eigenvalue weighted by atomic mass is 10.2. The minimum atomic E-state index is -0.350. The number of phenolic OH excluding ortho intramolecular Hbond substituents is 2. The molecular formula is C14H11BrN2O3. The van der Waals surface area contributed by atoms with Gasteiger partial charge in [0.1, 0.15) is 0 Å². The number of rotatable bonds is 3. The monoisotopic (exact) mass is 334 g/mol. The third-order valence-electron chi connectivity index (χ3n) is 2.50. The van der Waals surface area contributed by atoms with Crippen LogP contribution in [0.5, 0.6) is 11.5 Å². The Bertz CT molecular complexity index is 671. The van der Waals surface area contributed by atoms with E-state index in [-0.39, 0.29) is 17.4 Å². The zero-order chi connectivity index (χ0) is 14.5. The number of carbonyl (C=O) groups is 1. The second-order valence-electron chi connectivity index (χ2n) is 3.93. The molecule has 0 fully saturated rings. The molecule has 1 amide bonds. The summed E-state index contributed by atoms with van der Waals surface area (Å²) in [5, 5.41) is 22.3. The maximum atomic E-state index is 11.8. The number of benzene rings is 2. The Morgan fingerprint density at radius 1 is 1.15 bits per heavy atom. The van der Waals surface area contributed by atoms with Crippen LogP contribution in [0, 0.1) is 0 Å². The predicted octanol–water partition coefficient (Wildman–Crippen LogP) is 2.62.